The highest BCUT2D eigenvalue weighted by Gasteiger charge is 2.37. The van der Waals surface area contributed by atoms with Gasteiger partial charge in [0.05, 0.1) is 6.10 Å². The van der Waals surface area contributed by atoms with Crippen LogP contribution >= 0.6 is 11.3 Å². The van der Waals surface area contributed by atoms with Crippen molar-refractivity contribution in [2.24, 2.45) is 0 Å². The molecule has 2 nitrogen and oxygen atoms in total. The lowest BCUT2D eigenvalue weighted by Gasteiger charge is -2.39. The van der Waals surface area contributed by atoms with E-state index in [-0.39, 0.29) is 11.6 Å². The molecule has 2 rings (SSSR count). The first kappa shape index (κ1) is 12.1. The Kier molecular flexibility index (Phi) is 3.38. The molecule has 0 aromatic carbocycles. The summed E-state index contributed by atoms with van der Waals surface area (Å²) in [6.45, 7) is 8.63. The van der Waals surface area contributed by atoms with Crippen molar-refractivity contribution >= 4 is 11.3 Å². The van der Waals surface area contributed by atoms with Gasteiger partial charge in [0.25, 0.3) is 0 Å². The fourth-order valence-electron chi connectivity index (χ4n) is 2.53. The van der Waals surface area contributed by atoms with Gasteiger partial charge in [-0.15, -0.1) is 11.3 Å². The molecule has 1 saturated heterocycles. The highest BCUT2D eigenvalue weighted by molar-refractivity contribution is 7.10. The highest BCUT2D eigenvalue weighted by Crippen LogP contribution is 2.36. The molecule has 0 spiro atoms. The number of aryl methyl sites for hydroxylation is 1. The van der Waals surface area contributed by atoms with Crippen LogP contribution in [0.5, 0.6) is 0 Å². The van der Waals surface area contributed by atoms with Crippen molar-refractivity contribution in [2.45, 2.75) is 45.3 Å². The van der Waals surface area contributed by atoms with Crippen LogP contribution in [-0.4, -0.2) is 28.6 Å². The number of thiophene rings is 1. The third-order valence-electron chi connectivity index (χ3n) is 3.78. The van der Waals surface area contributed by atoms with Gasteiger partial charge in [0.1, 0.15) is 0 Å². The third kappa shape index (κ3) is 2.04. The standard InChI is InChI=1S/C13H21NOS/c1-10-11(6-9-16-10)12(15)13(2,3)14-7-4-5-8-14/h6,9,12,15H,4-5,7-8H2,1-3H3. The number of aliphatic hydroxyl groups excluding tert-OH is 1. The van der Waals surface area contributed by atoms with Gasteiger partial charge in [0.2, 0.25) is 0 Å². The van der Waals surface area contributed by atoms with Crippen LogP contribution in [0.1, 0.15) is 43.2 Å². The molecule has 0 radical (unpaired) electrons. The van der Waals surface area contributed by atoms with E-state index < -0.39 is 0 Å². The first-order valence-electron chi connectivity index (χ1n) is 6.00. The maximum Gasteiger partial charge on any atom is 0.0978 e. The summed E-state index contributed by atoms with van der Waals surface area (Å²) >= 11 is 1.71. The molecule has 1 aliphatic heterocycles. The van der Waals surface area contributed by atoms with Crippen molar-refractivity contribution in [1.82, 2.24) is 4.90 Å². The lowest BCUT2D eigenvalue weighted by molar-refractivity contribution is 0.00125. The Balaban J connectivity index is 2.19. The van der Waals surface area contributed by atoms with E-state index >= 15 is 0 Å². The van der Waals surface area contributed by atoms with Crippen LogP contribution in [0.2, 0.25) is 0 Å². The maximum absolute atomic E-state index is 10.5. The summed E-state index contributed by atoms with van der Waals surface area (Å²) < 4.78 is 0. The first-order valence-corrected chi connectivity index (χ1v) is 6.88. The number of hydrogen-bond acceptors (Lipinski definition) is 3. The smallest absolute Gasteiger partial charge is 0.0978 e. The Hall–Kier alpha value is -0.380. The van der Waals surface area contributed by atoms with Gasteiger partial charge in [-0.05, 0) is 63.7 Å². The van der Waals surface area contributed by atoms with Crippen LogP contribution < -0.4 is 0 Å². The van der Waals surface area contributed by atoms with Crippen LogP contribution in [0.4, 0.5) is 0 Å². The molecule has 1 atom stereocenters. The number of hydrogen-bond donors (Lipinski definition) is 1. The van der Waals surface area contributed by atoms with E-state index in [1.54, 1.807) is 11.3 Å². The predicted molar refractivity (Wildman–Crippen MR) is 68.9 cm³/mol. The van der Waals surface area contributed by atoms with Crippen molar-refractivity contribution in [3.8, 4) is 0 Å². The van der Waals surface area contributed by atoms with Crippen molar-refractivity contribution in [1.29, 1.82) is 0 Å². The largest absolute Gasteiger partial charge is 0.386 e. The van der Waals surface area contributed by atoms with Gasteiger partial charge in [-0.1, -0.05) is 0 Å². The van der Waals surface area contributed by atoms with E-state index in [0.29, 0.717) is 0 Å². The zero-order valence-corrected chi connectivity index (χ0v) is 11.2. The molecule has 1 aromatic heterocycles. The van der Waals surface area contributed by atoms with Crippen molar-refractivity contribution in [3.63, 3.8) is 0 Å². The van der Waals surface area contributed by atoms with Gasteiger partial charge in [0.15, 0.2) is 0 Å². The Morgan fingerprint density at radius 1 is 1.38 bits per heavy atom. The second-order valence-corrected chi connectivity index (χ2v) is 6.30. The zero-order chi connectivity index (χ0) is 11.8. The average Bonchev–Trinajstić information content (AvgIpc) is 2.86. The lowest BCUT2D eigenvalue weighted by Crippen LogP contribution is -2.46. The Bertz CT molecular complexity index is 353. The first-order chi connectivity index (χ1) is 7.53. The molecule has 90 valence electrons. The fourth-order valence-corrected chi connectivity index (χ4v) is 3.26. The second kappa shape index (κ2) is 4.47. The summed E-state index contributed by atoms with van der Waals surface area (Å²) in [7, 11) is 0. The van der Waals surface area contributed by atoms with Crippen LogP contribution in [-0.2, 0) is 0 Å². The molecule has 1 fully saturated rings. The van der Waals surface area contributed by atoms with E-state index in [4.69, 9.17) is 0 Å². The molecule has 0 saturated carbocycles. The summed E-state index contributed by atoms with van der Waals surface area (Å²) in [6.07, 6.45) is 2.15. The number of nitrogens with zero attached hydrogens (tertiary/aromatic N) is 1. The van der Waals surface area contributed by atoms with Crippen LogP contribution in [0.3, 0.4) is 0 Å². The summed E-state index contributed by atoms with van der Waals surface area (Å²) in [6, 6.07) is 2.06. The minimum Gasteiger partial charge on any atom is -0.386 e. The highest BCUT2D eigenvalue weighted by atomic mass is 32.1. The van der Waals surface area contributed by atoms with E-state index in [0.717, 1.165) is 18.7 Å². The van der Waals surface area contributed by atoms with E-state index in [1.807, 2.05) is 0 Å². The van der Waals surface area contributed by atoms with Crippen LogP contribution in [0.15, 0.2) is 11.4 Å². The maximum atomic E-state index is 10.5. The Labute approximate surface area is 102 Å². The van der Waals surface area contributed by atoms with Crippen LogP contribution in [0, 0.1) is 6.92 Å². The minimum atomic E-state index is -0.378. The molecule has 0 amide bonds. The molecule has 1 N–H and O–H groups in total. The van der Waals surface area contributed by atoms with Gasteiger partial charge in [0, 0.05) is 10.4 Å². The normalized spacial score (nSPS) is 20.2. The van der Waals surface area contributed by atoms with Gasteiger partial charge < -0.3 is 5.11 Å². The van der Waals surface area contributed by atoms with Crippen LogP contribution in [0.25, 0.3) is 0 Å². The lowest BCUT2D eigenvalue weighted by atomic mass is 9.90. The summed E-state index contributed by atoms with van der Waals surface area (Å²) in [5, 5.41) is 12.6. The summed E-state index contributed by atoms with van der Waals surface area (Å²) in [5.41, 5.74) is 0.949. The van der Waals surface area contributed by atoms with E-state index in [2.05, 4.69) is 37.1 Å². The molecule has 3 heteroatoms. The van der Waals surface area contributed by atoms with Gasteiger partial charge in [-0.2, -0.15) is 0 Å². The summed E-state index contributed by atoms with van der Waals surface area (Å²) in [5.74, 6) is 0. The second-order valence-electron chi connectivity index (χ2n) is 5.18. The monoisotopic (exact) mass is 239 g/mol. The fraction of sp³-hybridized carbons (Fsp3) is 0.692. The molecule has 0 bridgehead atoms. The number of likely N-dealkylation sites (tertiary alicyclic amines) is 1. The topological polar surface area (TPSA) is 23.5 Å². The van der Waals surface area contributed by atoms with Crippen molar-refractivity contribution in [3.05, 3.63) is 21.9 Å². The SMILES string of the molecule is Cc1sccc1C(O)C(C)(C)N1CCCC1. The quantitative estimate of drug-likeness (QED) is 0.876. The Morgan fingerprint density at radius 2 is 2.00 bits per heavy atom. The number of rotatable bonds is 3. The predicted octanol–water partition coefficient (Wildman–Crippen LogP) is 2.96. The molecule has 0 aliphatic carbocycles. The van der Waals surface area contributed by atoms with Gasteiger partial charge in [-0.25, -0.2) is 0 Å². The van der Waals surface area contributed by atoms with Gasteiger partial charge >= 0.3 is 0 Å². The minimum absolute atomic E-state index is 0.150. The third-order valence-corrected chi connectivity index (χ3v) is 4.65. The Morgan fingerprint density at radius 3 is 2.50 bits per heavy atom. The van der Waals surface area contributed by atoms with Crippen molar-refractivity contribution in [2.75, 3.05) is 13.1 Å². The molecule has 1 unspecified atom stereocenters. The molecule has 1 aliphatic rings. The number of aliphatic hydroxyl groups is 1. The van der Waals surface area contributed by atoms with Crippen molar-refractivity contribution < 1.29 is 5.11 Å². The summed E-state index contributed by atoms with van der Waals surface area (Å²) in [4.78, 5) is 3.65. The average molecular weight is 239 g/mol. The molecule has 1 aromatic rings. The van der Waals surface area contributed by atoms with E-state index in [1.165, 1.54) is 17.7 Å². The molecule has 16 heavy (non-hydrogen) atoms. The zero-order valence-electron chi connectivity index (χ0n) is 10.4. The molecular weight excluding hydrogens is 218 g/mol. The van der Waals surface area contributed by atoms with E-state index in [9.17, 15) is 5.11 Å². The van der Waals surface area contributed by atoms with Gasteiger partial charge in [-0.3, -0.25) is 4.90 Å². The molecule has 2 heterocycles. The molecular formula is C13H21NOS.